The van der Waals surface area contributed by atoms with Crippen molar-refractivity contribution in [2.24, 2.45) is 0 Å². The van der Waals surface area contributed by atoms with Gasteiger partial charge >= 0.3 is 0 Å². The number of para-hydroxylation sites is 1. The molecular weight excluding hydrogens is 507 g/mol. The van der Waals surface area contributed by atoms with Gasteiger partial charge in [0.15, 0.2) is 0 Å². The highest BCUT2D eigenvalue weighted by Gasteiger charge is 2.32. The molecule has 8 aromatic carbocycles. The predicted molar refractivity (Wildman–Crippen MR) is 179 cm³/mol. The molecule has 0 unspecified atom stereocenters. The third-order valence-electron chi connectivity index (χ3n) is 8.94. The van der Waals surface area contributed by atoms with E-state index in [1.54, 1.807) is 0 Å². The van der Waals surface area contributed by atoms with Gasteiger partial charge in [0.25, 0.3) is 0 Å². The zero-order valence-electron chi connectivity index (χ0n) is 22.9. The number of rotatable bonds is 3. The molecule has 0 saturated carbocycles. The Balaban J connectivity index is 1.48. The maximum absolute atomic E-state index is 6.93. The molecule has 0 aliphatic carbocycles. The molecule has 1 aliphatic rings. The number of benzene rings is 8. The Morgan fingerprint density at radius 3 is 1.76 bits per heavy atom. The van der Waals surface area contributed by atoms with Crippen LogP contribution >= 0.6 is 0 Å². The summed E-state index contributed by atoms with van der Waals surface area (Å²) in [4.78, 5) is 0. The summed E-state index contributed by atoms with van der Waals surface area (Å²) in [6.07, 6.45) is 0. The molecule has 9 rings (SSSR count). The predicted octanol–water partition coefficient (Wildman–Crippen LogP) is 8.54. The Morgan fingerprint density at radius 2 is 1.02 bits per heavy atom. The summed E-state index contributed by atoms with van der Waals surface area (Å²) in [5.74, 6) is 1.84. The average Bonchev–Trinajstić information content (AvgIpc) is 3.20. The van der Waals surface area contributed by atoms with Gasteiger partial charge in [0.1, 0.15) is 11.5 Å². The molecule has 1 aliphatic heterocycles. The molecule has 0 aromatic heterocycles. The van der Waals surface area contributed by atoms with Gasteiger partial charge in [0.2, 0.25) is 6.71 Å². The average molecular weight is 532 g/mol. The summed E-state index contributed by atoms with van der Waals surface area (Å²) in [7, 11) is 0. The third kappa shape index (κ3) is 3.39. The fourth-order valence-electron chi connectivity index (χ4n) is 7.13. The minimum atomic E-state index is 0.0652. The van der Waals surface area contributed by atoms with E-state index in [-0.39, 0.29) is 6.71 Å². The molecule has 0 N–H and O–H groups in total. The van der Waals surface area contributed by atoms with Crippen molar-refractivity contribution >= 4 is 55.4 Å². The van der Waals surface area contributed by atoms with Crippen LogP contribution in [0.2, 0.25) is 0 Å². The lowest BCUT2D eigenvalue weighted by Gasteiger charge is -2.21. The van der Waals surface area contributed by atoms with Gasteiger partial charge in [0.05, 0.1) is 0 Å². The first-order valence-electron chi connectivity index (χ1n) is 14.6. The van der Waals surface area contributed by atoms with Gasteiger partial charge in [-0.25, -0.2) is 0 Å². The second-order valence-electron chi connectivity index (χ2n) is 11.2. The molecule has 194 valence electrons. The first kappa shape index (κ1) is 23.4. The summed E-state index contributed by atoms with van der Waals surface area (Å²) in [6, 6.07) is 54.8. The molecular formula is C40H25BO. The molecule has 0 saturated heterocycles. The summed E-state index contributed by atoms with van der Waals surface area (Å²) >= 11 is 0. The van der Waals surface area contributed by atoms with Crippen LogP contribution in [0.4, 0.5) is 0 Å². The van der Waals surface area contributed by atoms with E-state index < -0.39 is 0 Å². The molecule has 0 amide bonds. The van der Waals surface area contributed by atoms with Crippen LogP contribution in [-0.4, -0.2) is 6.71 Å². The van der Waals surface area contributed by atoms with Crippen molar-refractivity contribution in [3.8, 4) is 33.8 Å². The van der Waals surface area contributed by atoms with Crippen molar-refractivity contribution in [3.63, 3.8) is 0 Å². The van der Waals surface area contributed by atoms with Gasteiger partial charge in [0, 0.05) is 10.8 Å². The minimum absolute atomic E-state index is 0.0652. The van der Waals surface area contributed by atoms with Crippen molar-refractivity contribution in [3.05, 3.63) is 152 Å². The van der Waals surface area contributed by atoms with Gasteiger partial charge in [-0.1, -0.05) is 144 Å². The second kappa shape index (κ2) is 9.09. The van der Waals surface area contributed by atoms with Crippen molar-refractivity contribution in [1.29, 1.82) is 0 Å². The zero-order valence-corrected chi connectivity index (χ0v) is 22.9. The topological polar surface area (TPSA) is 9.23 Å². The van der Waals surface area contributed by atoms with E-state index in [4.69, 9.17) is 4.74 Å². The Morgan fingerprint density at radius 1 is 0.405 bits per heavy atom. The molecule has 2 heteroatoms. The van der Waals surface area contributed by atoms with E-state index in [2.05, 4.69) is 152 Å². The highest BCUT2D eigenvalue weighted by atomic mass is 16.5. The smallest absolute Gasteiger partial charge is 0.247 e. The van der Waals surface area contributed by atoms with Crippen LogP contribution in [0.25, 0.3) is 54.6 Å². The first-order chi connectivity index (χ1) is 20.8. The quantitative estimate of drug-likeness (QED) is 0.164. The Kier molecular flexibility index (Phi) is 5.06. The van der Waals surface area contributed by atoms with Crippen LogP contribution in [0.3, 0.4) is 0 Å². The van der Waals surface area contributed by atoms with Crippen LogP contribution in [0.5, 0.6) is 11.5 Å². The van der Waals surface area contributed by atoms with Gasteiger partial charge < -0.3 is 4.74 Å². The fourth-order valence-corrected chi connectivity index (χ4v) is 7.13. The fraction of sp³-hybridized carbons (Fsp3) is 0. The van der Waals surface area contributed by atoms with Crippen molar-refractivity contribution in [1.82, 2.24) is 0 Å². The highest BCUT2D eigenvalue weighted by Crippen LogP contribution is 2.47. The maximum atomic E-state index is 6.93. The van der Waals surface area contributed by atoms with Gasteiger partial charge in [-0.2, -0.15) is 0 Å². The number of fused-ring (bicyclic) bond motifs is 1. The van der Waals surface area contributed by atoms with Crippen LogP contribution in [0.15, 0.2) is 152 Å². The molecule has 0 atom stereocenters. The summed E-state index contributed by atoms with van der Waals surface area (Å²) < 4.78 is 6.93. The zero-order chi connectivity index (χ0) is 27.6. The molecule has 0 bridgehead atoms. The number of hydrogen-bond donors (Lipinski definition) is 0. The Labute approximate surface area is 245 Å². The van der Waals surface area contributed by atoms with Crippen LogP contribution in [0, 0.1) is 0 Å². The molecule has 42 heavy (non-hydrogen) atoms. The monoisotopic (exact) mass is 532 g/mol. The van der Waals surface area contributed by atoms with Crippen molar-refractivity contribution in [2.75, 3.05) is 0 Å². The molecule has 8 aromatic rings. The number of ether oxygens (including phenoxy) is 1. The van der Waals surface area contributed by atoms with E-state index in [1.165, 1.54) is 71.0 Å². The normalized spacial score (nSPS) is 12.4. The lowest BCUT2D eigenvalue weighted by atomic mass is 9.36. The van der Waals surface area contributed by atoms with Crippen molar-refractivity contribution < 1.29 is 4.74 Å². The Bertz CT molecular complexity index is 2260. The van der Waals surface area contributed by atoms with Crippen LogP contribution in [0.1, 0.15) is 0 Å². The van der Waals surface area contributed by atoms with Gasteiger partial charge in [-0.15, -0.1) is 0 Å². The van der Waals surface area contributed by atoms with E-state index in [0.29, 0.717) is 0 Å². The standard InChI is InChI=1S/C40H25BO/c1-4-12-26(13-5-1)31-24-32(27-14-6-2-7-15-27)33-25-37-40-35(23-21-28-20-22-30(31)39(33)38(28)40)41(29-16-8-3-9-17-29)34-18-10-11-19-36(34)42-37/h1-25H. The molecule has 0 fully saturated rings. The molecule has 1 heterocycles. The maximum Gasteiger partial charge on any atom is 0.247 e. The summed E-state index contributed by atoms with van der Waals surface area (Å²) in [6.45, 7) is 0.0652. The van der Waals surface area contributed by atoms with Crippen LogP contribution in [-0.2, 0) is 0 Å². The van der Waals surface area contributed by atoms with Gasteiger partial charge in [-0.3, -0.25) is 0 Å². The minimum Gasteiger partial charge on any atom is -0.457 e. The third-order valence-corrected chi connectivity index (χ3v) is 8.94. The summed E-state index contributed by atoms with van der Waals surface area (Å²) in [5.41, 5.74) is 8.65. The molecule has 1 nitrogen and oxygen atoms in total. The second-order valence-corrected chi connectivity index (χ2v) is 11.2. The van der Waals surface area contributed by atoms with E-state index >= 15 is 0 Å². The largest absolute Gasteiger partial charge is 0.457 e. The van der Waals surface area contributed by atoms with E-state index in [1.807, 2.05) is 0 Å². The highest BCUT2D eigenvalue weighted by molar-refractivity contribution is 6.97. The first-order valence-corrected chi connectivity index (χ1v) is 14.6. The lowest BCUT2D eigenvalue weighted by molar-refractivity contribution is 0.493. The van der Waals surface area contributed by atoms with Crippen LogP contribution < -0.4 is 21.1 Å². The SMILES string of the molecule is c1ccc(B2c3ccccc3Oc3cc4c(-c5ccccc5)cc(-c5ccccc5)c5ccc6ccc2c3c6c54)cc1. The molecule has 0 spiro atoms. The molecule has 0 radical (unpaired) electrons. The van der Waals surface area contributed by atoms with E-state index in [9.17, 15) is 0 Å². The summed E-state index contributed by atoms with van der Waals surface area (Å²) in [5, 5.41) is 7.51. The number of hydrogen-bond acceptors (Lipinski definition) is 1. The van der Waals surface area contributed by atoms with Crippen molar-refractivity contribution in [2.45, 2.75) is 0 Å². The van der Waals surface area contributed by atoms with E-state index in [0.717, 1.165) is 11.5 Å². The Hall–Kier alpha value is -5.34. The van der Waals surface area contributed by atoms with Gasteiger partial charge in [-0.05, 0) is 67.5 Å². The lowest BCUT2D eigenvalue weighted by Crippen LogP contribution is -2.51.